The molecule has 144 valence electrons. The van der Waals surface area contributed by atoms with Gasteiger partial charge in [-0.15, -0.1) is 0 Å². The van der Waals surface area contributed by atoms with Gasteiger partial charge in [0.25, 0.3) is 0 Å². The molecule has 2 saturated carbocycles. The first-order chi connectivity index (χ1) is 12.6. The van der Waals surface area contributed by atoms with Crippen LogP contribution in [0.4, 0.5) is 5.69 Å². The predicted molar refractivity (Wildman–Crippen MR) is 109 cm³/mol. The average Bonchev–Trinajstić information content (AvgIpc) is 2.89. The maximum atomic E-state index is 13.7. The topological polar surface area (TPSA) is 23.6 Å². The van der Waals surface area contributed by atoms with Gasteiger partial charge in [0, 0.05) is 17.6 Å². The van der Waals surface area contributed by atoms with E-state index in [1.54, 1.807) is 0 Å². The minimum Gasteiger partial charge on any atom is -0.308 e. The molecule has 1 aromatic rings. The molecule has 0 aromatic heterocycles. The van der Waals surface area contributed by atoms with Gasteiger partial charge in [0.05, 0.1) is 6.04 Å². The molecule has 0 spiro atoms. The lowest BCUT2D eigenvalue weighted by molar-refractivity contribution is -0.124. The normalized spacial score (nSPS) is 30.0. The van der Waals surface area contributed by atoms with Gasteiger partial charge in [-0.3, -0.25) is 4.79 Å². The smallest absolute Gasteiger partial charge is 0.230 e. The lowest BCUT2D eigenvalue weighted by atomic mass is 9.81. The van der Waals surface area contributed by atoms with Gasteiger partial charge < -0.3 is 9.80 Å². The largest absolute Gasteiger partial charge is 0.308 e. The first-order valence-electron chi connectivity index (χ1n) is 10.6. The molecule has 0 aliphatic heterocycles. The van der Waals surface area contributed by atoms with Crippen molar-refractivity contribution in [3.05, 3.63) is 30.3 Å². The zero-order valence-electron chi connectivity index (χ0n) is 16.9. The summed E-state index contributed by atoms with van der Waals surface area (Å²) in [6.45, 7) is 2.32. The van der Waals surface area contributed by atoms with Crippen molar-refractivity contribution in [3.63, 3.8) is 0 Å². The molecule has 3 nitrogen and oxygen atoms in total. The van der Waals surface area contributed by atoms with Crippen LogP contribution in [-0.4, -0.2) is 37.0 Å². The highest BCUT2D eigenvalue weighted by molar-refractivity contribution is 5.95. The van der Waals surface area contributed by atoms with Gasteiger partial charge in [-0.2, -0.15) is 0 Å². The molecule has 0 heterocycles. The number of nitrogens with zero attached hydrogens (tertiary/aromatic N) is 2. The zero-order chi connectivity index (χ0) is 18.5. The molecule has 2 fully saturated rings. The Morgan fingerprint density at radius 2 is 1.46 bits per heavy atom. The molecule has 0 bridgehead atoms. The summed E-state index contributed by atoms with van der Waals surface area (Å²) < 4.78 is 0. The van der Waals surface area contributed by atoms with Crippen molar-refractivity contribution in [2.24, 2.45) is 11.8 Å². The number of carbonyl (C=O) groups excluding carboxylic acids is 1. The van der Waals surface area contributed by atoms with Crippen LogP contribution in [0, 0.1) is 11.8 Å². The van der Waals surface area contributed by atoms with Crippen LogP contribution in [-0.2, 0) is 4.79 Å². The molecule has 2 unspecified atom stereocenters. The standard InChI is InChI=1S/C23H36N2O/c1-18-14-16-19(17-15-18)23(26)25(20-10-6-4-7-11-20)22-13-9-5-8-12-21(22)24(2)3/h4,6-7,10-11,18-19,21-22H,5,8-9,12-17H2,1-3H3. The van der Waals surface area contributed by atoms with E-state index in [1.807, 2.05) is 6.07 Å². The van der Waals surface area contributed by atoms with Crippen LogP contribution in [0.5, 0.6) is 0 Å². The molecular formula is C23H36N2O. The van der Waals surface area contributed by atoms with E-state index in [-0.39, 0.29) is 5.92 Å². The van der Waals surface area contributed by atoms with Gasteiger partial charge >= 0.3 is 0 Å². The van der Waals surface area contributed by atoms with Crippen LogP contribution >= 0.6 is 0 Å². The Kier molecular flexibility index (Phi) is 6.74. The van der Waals surface area contributed by atoms with Crippen LogP contribution in [0.3, 0.4) is 0 Å². The van der Waals surface area contributed by atoms with Crippen molar-refractivity contribution in [3.8, 4) is 0 Å². The molecule has 1 amide bonds. The van der Waals surface area contributed by atoms with Crippen molar-refractivity contribution >= 4 is 11.6 Å². The Hall–Kier alpha value is -1.35. The number of hydrogen-bond acceptors (Lipinski definition) is 2. The predicted octanol–water partition coefficient (Wildman–Crippen LogP) is 5.11. The van der Waals surface area contributed by atoms with Crippen molar-refractivity contribution in [1.82, 2.24) is 4.90 Å². The highest BCUT2D eigenvalue weighted by atomic mass is 16.2. The lowest BCUT2D eigenvalue weighted by Gasteiger charge is -2.41. The number of rotatable bonds is 4. The monoisotopic (exact) mass is 356 g/mol. The van der Waals surface area contributed by atoms with Crippen LogP contribution in [0.25, 0.3) is 0 Å². The molecular weight excluding hydrogens is 320 g/mol. The quantitative estimate of drug-likeness (QED) is 0.700. The summed E-state index contributed by atoms with van der Waals surface area (Å²) in [5, 5.41) is 0. The molecule has 2 aliphatic rings. The fourth-order valence-corrected chi connectivity index (χ4v) is 4.95. The first-order valence-corrected chi connectivity index (χ1v) is 10.6. The minimum atomic E-state index is 0.206. The number of hydrogen-bond donors (Lipinski definition) is 0. The summed E-state index contributed by atoms with van der Waals surface area (Å²) in [6.07, 6.45) is 10.6. The SMILES string of the molecule is CC1CCC(C(=O)N(c2ccccc2)C2CCCCCC2N(C)C)CC1. The molecule has 0 radical (unpaired) electrons. The van der Waals surface area contributed by atoms with Gasteiger partial charge in [-0.1, -0.05) is 44.4 Å². The average molecular weight is 357 g/mol. The number of para-hydroxylation sites is 1. The third kappa shape index (κ3) is 4.49. The second-order valence-electron chi connectivity index (χ2n) is 8.74. The molecule has 0 N–H and O–H groups in total. The lowest BCUT2D eigenvalue weighted by Crippen LogP contribution is -2.53. The third-order valence-electron chi connectivity index (χ3n) is 6.58. The zero-order valence-corrected chi connectivity index (χ0v) is 16.9. The van der Waals surface area contributed by atoms with Crippen LogP contribution in [0.15, 0.2) is 30.3 Å². The molecule has 2 atom stereocenters. The van der Waals surface area contributed by atoms with Gasteiger partial charge in [0.15, 0.2) is 0 Å². The summed E-state index contributed by atoms with van der Waals surface area (Å²) in [5.74, 6) is 1.36. The van der Waals surface area contributed by atoms with Crippen molar-refractivity contribution in [2.45, 2.75) is 76.8 Å². The summed E-state index contributed by atoms with van der Waals surface area (Å²) in [5.41, 5.74) is 1.09. The van der Waals surface area contributed by atoms with E-state index in [4.69, 9.17) is 0 Å². The van der Waals surface area contributed by atoms with Gasteiger partial charge in [0.1, 0.15) is 0 Å². The third-order valence-corrected chi connectivity index (χ3v) is 6.58. The second kappa shape index (κ2) is 9.03. The van der Waals surface area contributed by atoms with E-state index in [2.05, 4.69) is 55.1 Å². The molecule has 3 heteroatoms. The number of carbonyl (C=O) groups is 1. The number of amides is 1. The second-order valence-corrected chi connectivity index (χ2v) is 8.74. The maximum Gasteiger partial charge on any atom is 0.230 e. The number of likely N-dealkylation sites (N-methyl/N-ethyl adjacent to an activating group) is 1. The first kappa shape index (κ1) is 19.4. The highest BCUT2D eigenvalue weighted by Gasteiger charge is 2.37. The van der Waals surface area contributed by atoms with E-state index in [0.717, 1.165) is 30.9 Å². The Morgan fingerprint density at radius 3 is 2.08 bits per heavy atom. The van der Waals surface area contributed by atoms with E-state index in [9.17, 15) is 4.79 Å². The molecule has 0 saturated heterocycles. The van der Waals surface area contributed by atoms with Crippen LogP contribution in [0.1, 0.15) is 64.7 Å². The summed E-state index contributed by atoms with van der Waals surface area (Å²) >= 11 is 0. The van der Waals surface area contributed by atoms with Crippen molar-refractivity contribution in [2.75, 3.05) is 19.0 Å². The Bertz CT molecular complexity index is 563. The summed E-state index contributed by atoms with van der Waals surface area (Å²) in [4.78, 5) is 18.2. The van der Waals surface area contributed by atoms with Gasteiger partial charge in [0.2, 0.25) is 5.91 Å². The van der Waals surface area contributed by atoms with Crippen LogP contribution < -0.4 is 4.90 Å². The fraction of sp³-hybridized carbons (Fsp3) is 0.696. The Labute approximate surface area is 159 Å². The summed E-state index contributed by atoms with van der Waals surface area (Å²) in [6, 6.07) is 11.2. The number of anilines is 1. The van der Waals surface area contributed by atoms with E-state index >= 15 is 0 Å². The van der Waals surface area contributed by atoms with E-state index in [1.165, 1.54) is 38.5 Å². The maximum absolute atomic E-state index is 13.7. The Morgan fingerprint density at radius 1 is 0.846 bits per heavy atom. The van der Waals surface area contributed by atoms with Crippen LogP contribution in [0.2, 0.25) is 0 Å². The molecule has 3 rings (SSSR count). The van der Waals surface area contributed by atoms with Gasteiger partial charge in [-0.05, 0) is 70.7 Å². The van der Waals surface area contributed by atoms with E-state index in [0.29, 0.717) is 18.0 Å². The van der Waals surface area contributed by atoms with Crippen molar-refractivity contribution in [1.29, 1.82) is 0 Å². The van der Waals surface area contributed by atoms with Crippen molar-refractivity contribution < 1.29 is 4.79 Å². The Balaban J connectivity index is 1.91. The molecule has 1 aromatic carbocycles. The molecule has 26 heavy (non-hydrogen) atoms. The number of benzene rings is 1. The highest BCUT2D eigenvalue weighted by Crippen LogP contribution is 2.35. The fourth-order valence-electron chi connectivity index (χ4n) is 4.95. The van der Waals surface area contributed by atoms with E-state index < -0.39 is 0 Å². The van der Waals surface area contributed by atoms with Gasteiger partial charge in [-0.25, -0.2) is 0 Å². The summed E-state index contributed by atoms with van der Waals surface area (Å²) in [7, 11) is 4.36. The minimum absolute atomic E-state index is 0.206. The molecule has 2 aliphatic carbocycles.